The second kappa shape index (κ2) is 14.6. The summed E-state index contributed by atoms with van der Waals surface area (Å²) in [5.74, 6) is 0. The van der Waals surface area contributed by atoms with Gasteiger partial charge in [-0.3, -0.25) is 4.98 Å². The number of nitrogens with one attached hydrogen (secondary N) is 1. The van der Waals surface area contributed by atoms with E-state index in [0.717, 1.165) is 11.3 Å². The zero-order valence-corrected chi connectivity index (χ0v) is 33.0. The summed E-state index contributed by atoms with van der Waals surface area (Å²) in [5, 5.41) is 3.60. The van der Waals surface area contributed by atoms with Crippen LogP contribution in [0.4, 0.5) is 5.69 Å². The van der Waals surface area contributed by atoms with Gasteiger partial charge in [0.05, 0.1) is 5.69 Å². The Morgan fingerprint density at radius 2 is 1.20 bits per heavy atom. The van der Waals surface area contributed by atoms with Crippen molar-refractivity contribution in [3.05, 3.63) is 192 Å². The molecular formula is C52H49N3. The summed E-state index contributed by atoms with van der Waals surface area (Å²) >= 11 is 0. The van der Waals surface area contributed by atoms with Gasteiger partial charge < -0.3 is 10.2 Å². The lowest BCUT2D eigenvalue weighted by Gasteiger charge is -2.29. The van der Waals surface area contributed by atoms with Gasteiger partial charge in [0.1, 0.15) is 6.17 Å². The van der Waals surface area contributed by atoms with E-state index >= 15 is 0 Å². The van der Waals surface area contributed by atoms with Crippen LogP contribution in [-0.2, 0) is 5.41 Å². The molecule has 0 amide bonds. The number of anilines is 1. The predicted octanol–water partition coefficient (Wildman–Crippen LogP) is 13.5. The molecule has 3 nitrogen and oxygen atoms in total. The summed E-state index contributed by atoms with van der Waals surface area (Å²) in [7, 11) is 0. The van der Waals surface area contributed by atoms with E-state index in [9.17, 15) is 0 Å². The first-order valence-electron chi connectivity index (χ1n) is 19.3. The molecule has 0 saturated heterocycles. The molecule has 3 heteroatoms. The van der Waals surface area contributed by atoms with Gasteiger partial charge in [0.25, 0.3) is 0 Å². The molecular weight excluding hydrogens is 667 g/mol. The predicted molar refractivity (Wildman–Crippen MR) is 233 cm³/mol. The highest BCUT2D eigenvalue weighted by Crippen LogP contribution is 2.45. The van der Waals surface area contributed by atoms with E-state index in [2.05, 4.69) is 211 Å². The van der Waals surface area contributed by atoms with Crippen molar-refractivity contribution in [1.82, 2.24) is 10.3 Å². The Balaban J connectivity index is 1.28. The number of hydrogen-bond donors (Lipinski definition) is 1. The summed E-state index contributed by atoms with van der Waals surface area (Å²) in [6.45, 7) is 15.5. The van der Waals surface area contributed by atoms with Crippen LogP contribution in [0.25, 0.3) is 55.8 Å². The molecule has 1 aliphatic rings. The second-order valence-corrected chi connectivity index (χ2v) is 16.1. The Morgan fingerprint density at radius 3 is 1.91 bits per heavy atom. The van der Waals surface area contributed by atoms with Crippen LogP contribution in [-0.4, -0.2) is 4.98 Å². The maximum atomic E-state index is 4.85. The third-order valence-corrected chi connectivity index (χ3v) is 10.9. The third-order valence-electron chi connectivity index (χ3n) is 10.9. The van der Waals surface area contributed by atoms with Crippen molar-refractivity contribution >= 4 is 5.69 Å². The minimum atomic E-state index is 0.0182. The Labute approximate surface area is 327 Å². The van der Waals surface area contributed by atoms with E-state index in [1.165, 1.54) is 83.6 Å². The maximum Gasteiger partial charge on any atom is 0.129 e. The molecule has 8 rings (SSSR count). The molecule has 1 aromatic heterocycles. The maximum absolute atomic E-state index is 4.85. The number of pyridine rings is 1. The van der Waals surface area contributed by atoms with Gasteiger partial charge in [-0.15, -0.1) is 0 Å². The molecule has 0 radical (unpaired) electrons. The number of aromatic nitrogens is 1. The average molecular weight is 716 g/mol. The van der Waals surface area contributed by atoms with E-state index in [4.69, 9.17) is 4.98 Å². The summed E-state index contributed by atoms with van der Waals surface area (Å²) < 4.78 is 0. The van der Waals surface area contributed by atoms with Gasteiger partial charge in [0, 0.05) is 29.8 Å². The molecule has 272 valence electrons. The standard InChI is InChI=1S/C52H49N3/c1-34-29-35(2)31-42(30-34)49-44(39-19-21-40(22-20-39)51-54-27-28-55(51)50-36(3)13-11-14-37(50)4)17-12-18-46(49)45-24-23-41(32-47(45)38-15-9-8-10-16-38)48-33-43(25-26-53-48)52(5,6)7/h8-33,51,54H,1-7H3. The smallest absolute Gasteiger partial charge is 0.129 e. The first-order chi connectivity index (χ1) is 26.5. The molecule has 0 spiro atoms. The Kier molecular flexibility index (Phi) is 9.49. The van der Waals surface area contributed by atoms with Crippen LogP contribution >= 0.6 is 0 Å². The molecule has 55 heavy (non-hydrogen) atoms. The molecule has 1 N–H and O–H groups in total. The molecule has 1 aliphatic heterocycles. The Bertz CT molecular complexity index is 2500. The minimum absolute atomic E-state index is 0.0182. The molecule has 1 atom stereocenters. The lowest BCUT2D eigenvalue weighted by molar-refractivity contribution is 0.589. The normalized spacial score (nSPS) is 13.9. The van der Waals surface area contributed by atoms with Crippen molar-refractivity contribution in [3.8, 4) is 55.8 Å². The van der Waals surface area contributed by atoms with Gasteiger partial charge in [0.15, 0.2) is 0 Å². The summed E-state index contributed by atoms with van der Waals surface area (Å²) in [6, 6.07) is 51.4. The number of hydrogen-bond acceptors (Lipinski definition) is 3. The molecule has 6 aromatic carbocycles. The van der Waals surface area contributed by atoms with Gasteiger partial charge in [-0.2, -0.15) is 0 Å². The van der Waals surface area contributed by atoms with Crippen LogP contribution in [0, 0.1) is 27.7 Å². The Hall–Kier alpha value is -6.19. The van der Waals surface area contributed by atoms with E-state index < -0.39 is 0 Å². The fraction of sp³-hybridized carbons (Fsp3) is 0.173. The number of aryl methyl sites for hydroxylation is 4. The average Bonchev–Trinajstić information content (AvgIpc) is 3.66. The SMILES string of the molecule is Cc1cc(C)cc(-c2c(-c3ccc(C4NC=CN4c4c(C)cccc4C)cc3)cccc2-c2ccc(-c3cc(C(C)(C)C)ccn3)cc2-c2ccccc2)c1. The third kappa shape index (κ3) is 7.11. The first-order valence-corrected chi connectivity index (χ1v) is 19.3. The van der Waals surface area contributed by atoms with Crippen molar-refractivity contribution in [2.75, 3.05) is 4.90 Å². The molecule has 0 aliphatic carbocycles. The van der Waals surface area contributed by atoms with E-state index in [1.54, 1.807) is 0 Å². The fourth-order valence-electron chi connectivity index (χ4n) is 8.20. The number of rotatable bonds is 7. The van der Waals surface area contributed by atoms with Crippen LogP contribution in [0.1, 0.15) is 60.3 Å². The van der Waals surface area contributed by atoms with E-state index in [-0.39, 0.29) is 11.6 Å². The number of para-hydroxylation sites is 1. The van der Waals surface area contributed by atoms with E-state index in [1.807, 2.05) is 6.20 Å². The van der Waals surface area contributed by atoms with Gasteiger partial charge in [0.2, 0.25) is 0 Å². The largest absolute Gasteiger partial charge is 0.366 e. The molecule has 0 fully saturated rings. The Morgan fingerprint density at radius 1 is 0.545 bits per heavy atom. The first kappa shape index (κ1) is 35.8. The van der Waals surface area contributed by atoms with Crippen LogP contribution in [0.5, 0.6) is 0 Å². The van der Waals surface area contributed by atoms with Crippen molar-refractivity contribution in [3.63, 3.8) is 0 Å². The topological polar surface area (TPSA) is 28.2 Å². The zero-order valence-electron chi connectivity index (χ0n) is 33.0. The highest BCUT2D eigenvalue weighted by Gasteiger charge is 2.25. The monoisotopic (exact) mass is 715 g/mol. The van der Waals surface area contributed by atoms with Crippen molar-refractivity contribution in [2.24, 2.45) is 0 Å². The summed E-state index contributed by atoms with van der Waals surface area (Å²) in [4.78, 5) is 7.21. The van der Waals surface area contributed by atoms with Crippen LogP contribution in [0.15, 0.2) is 158 Å². The lowest BCUT2D eigenvalue weighted by Crippen LogP contribution is -2.27. The van der Waals surface area contributed by atoms with Gasteiger partial charge in [-0.25, -0.2) is 0 Å². The fourth-order valence-corrected chi connectivity index (χ4v) is 8.20. The second-order valence-electron chi connectivity index (χ2n) is 16.1. The van der Waals surface area contributed by atoms with Crippen LogP contribution in [0.3, 0.4) is 0 Å². The van der Waals surface area contributed by atoms with Crippen LogP contribution < -0.4 is 10.2 Å². The highest BCUT2D eigenvalue weighted by atomic mass is 15.3. The molecule has 2 heterocycles. The van der Waals surface area contributed by atoms with Gasteiger partial charge in [-0.05, 0) is 118 Å². The molecule has 0 saturated carbocycles. The molecule has 1 unspecified atom stereocenters. The number of nitrogens with zero attached hydrogens (tertiary/aromatic N) is 2. The minimum Gasteiger partial charge on any atom is -0.366 e. The highest BCUT2D eigenvalue weighted by molar-refractivity contribution is 5.99. The van der Waals surface area contributed by atoms with E-state index in [0.29, 0.717) is 0 Å². The van der Waals surface area contributed by atoms with Gasteiger partial charge >= 0.3 is 0 Å². The van der Waals surface area contributed by atoms with Crippen molar-refractivity contribution in [2.45, 2.75) is 60.0 Å². The van der Waals surface area contributed by atoms with Gasteiger partial charge in [-0.1, -0.05) is 153 Å². The molecule has 0 bridgehead atoms. The van der Waals surface area contributed by atoms with Crippen LogP contribution in [0.2, 0.25) is 0 Å². The van der Waals surface area contributed by atoms with Crippen molar-refractivity contribution in [1.29, 1.82) is 0 Å². The zero-order chi connectivity index (χ0) is 38.3. The number of benzene rings is 6. The van der Waals surface area contributed by atoms with Crippen molar-refractivity contribution < 1.29 is 0 Å². The summed E-state index contributed by atoms with van der Waals surface area (Å²) in [6.07, 6.45) is 6.17. The summed E-state index contributed by atoms with van der Waals surface area (Å²) in [5.41, 5.74) is 20.5. The molecule has 7 aromatic rings. The lowest BCUT2D eigenvalue weighted by atomic mass is 9.83. The quantitative estimate of drug-likeness (QED) is 0.178.